The van der Waals surface area contributed by atoms with E-state index in [1.165, 1.54) is 29.2 Å². The number of non-ortho nitro benzene ring substituents is 1. The number of nitrogens with zero attached hydrogens (tertiary/aromatic N) is 2. The molecule has 0 aliphatic carbocycles. The lowest BCUT2D eigenvalue weighted by Crippen LogP contribution is -2.51. The third-order valence-electron chi connectivity index (χ3n) is 3.69. The number of anilines is 1. The molecule has 2 amide bonds. The first-order valence-corrected chi connectivity index (χ1v) is 7.54. The van der Waals surface area contributed by atoms with Crippen LogP contribution in [-0.2, 0) is 16.0 Å². The van der Waals surface area contributed by atoms with Gasteiger partial charge in [-0.2, -0.15) is 0 Å². The van der Waals surface area contributed by atoms with Crippen LogP contribution in [0.25, 0.3) is 0 Å². The van der Waals surface area contributed by atoms with Crippen LogP contribution in [0.5, 0.6) is 0 Å². The van der Waals surface area contributed by atoms with Gasteiger partial charge >= 0.3 is 0 Å². The molecule has 0 aromatic heterocycles. The van der Waals surface area contributed by atoms with Gasteiger partial charge in [-0.15, -0.1) is 0 Å². The average Bonchev–Trinajstić information content (AvgIpc) is 2.62. The maximum Gasteiger partial charge on any atom is 0.269 e. The molecular weight excluding hydrogens is 324 g/mol. The Morgan fingerprint density at radius 2 is 1.68 bits per heavy atom. The summed E-state index contributed by atoms with van der Waals surface area (Å²) in [5.74, 6) is -1.20. The van der Waals surface area contributed by atoms with Gasteiger partial charge in [-0.05, 0) is 17.7 Å². The first kappa shape index (κ1) is 18.1. The van der Waals surface area contributed by atoms with Crippen molar-refractivity contribution in [3.63, 3.8) is 0 Å². The number of rotatable bonds is 7. The van der Waals surface area contributed by atoms with Gasteiger partial charge in [0.1, 0.15) is 6.04 Å². The van der Waals surface area contributed by atoms with E-state index in [2.05, 4.69) is 0 Å². The van der Waals surface area contributed by atoms with Crippen LogP contribution in [0.15, 0.2) is 54.6 Å². The van der Waals surface area contributed by atoms with Crippen molar-refractivity contribution in [3.05, 3.63) is 70.3 Å². The van der Waals surface area contributed by atoms with Crippen LogP contribution in [0.4, 0.5) is 11.4 Å². The molecule has 0 saturated heterocycles. The number of primary amides is 1. The number of hydrogen-bond donors (Lipinski definition) is 2. The molecule has 0 aliphatic heterocycles. The lowest BCUT2D eigenvalue weighted by molar-refractivity contribution is -0.384. The van der Waals surface area contributed by atoms with Crippen LogP contribution in [0.3, 0.4) is 0 Å². The minimum Gasteiger partial charge on any atom is -0.368 e. The van der Waals surface area contributed by atoms with E-state index in [-0.39, 0.29) is 18.7 Å². The highest BCUT2D eigenvalue weighted by molar-refractivity contribution is 6.01. The van der Waals surface area contributed by atoms with E-state index in [0.717, 1.165) is 5.56 Å². The Morgan fingerprint density at radius 3 is 2.16 bits per heavy atom. The van der Waals surface area contributed by atoms with Crippen LogP contribution < -0.4 is 16.4 Å². The summed E-state index contributed by atoms with van der Waals surface area (Å²) < 4.78 is 0. The zero-order chi connectivity index (χ0) is 18.4. The molecule has 0 aliphatic rings. The van der Waals surface area contributed by atoms with Crippen molar-refractivity contribution in [2.24, 2.45) is 11.5 Å². The van der Waals surface area contributed by atoms with E-state index >= 15 is 0 Å². The van der Waals surface area contributed by atoms with Crippen molar-refractivity contribution < 1.29 is 14.5 Å². The number of hydrogen-bond acceptors (Lipinski definition) is 5. The van der Waals surface area contributed by atoms with Gasteiger partial charge < -0.3 is 11.5 Å². The van der Waals surface area contributed by atoms with E-state index in [1.807, 2.05) is 30.3 Å². The molecule has 0 fully saturated rings. The average molecular weight is 342 g/mol. The monoisotopic (exact) mass is 342 g/mol. The molecule has 2 rings (SSSR count). The van der Waals surface area contributed by atoms with E-state index < -0.39 is 22.8 Å². The van der Waals surface area contributed by atoms with Crippen LogP contribution in [-0.4, -0.2) is 29.3 Å². The Labute approximate surface area is 144 Å². The Hall–Kier alpha value is -3.26. The smallest absolute Gasteiger partial charge is 0.269 e. The molecule has 0 spiro atoms. The van der Waals surface area contributed by atoms with E-state index in [9.17, 15) is 19.7 Å². The van der Waals surface area contributed by atoms with Gasteiger partial charge in [-0.25, -0.2) is 0 Å². The molecule has 0 saturated carbocycles. The van der Waals surface area contributed by atoms with Gasteiger partial charge in [0.25, 0.3) is 5.69 Å². The molecule has 0 radical (unpaired) electrons. The Bertz CT molecular complexity index is 762. The second kappa shape index (κ2) is 8.02. The highest BCUT2D eigenvalue weighted by Crippen LogP contribution is 2.23. The lowest BCUT2D eigenvalue weighted by atomic mass is 10.0. The first-order chi connectivity index (χ1) is 11.9. The fraction of sp³-hybridized carbons (Fsp3) is 0.176. The van der Waals surface area contributed by atoms with Crippen LogP contribution >= 0.6 is 0 Å². The number of nitro benzene ring substituents is 1. The molecule has 25 heavy (non-hydrogen) atoms. The predicted octanol–water partition coefficient (Wildman–Crippen LogP) is 0.983. The van der Waals surface area contributed by atoms with Crippen molar-refractivity contribution in [2.75, 3.05) is 11.4 Å². The van der Waals surface area contributed by atoms with Gasteiger partial charge in [0.2, 0.25) is 11.8 Å². The molecule has 2 aromatic carbocycles. The summed E-state index contributed by atoms with van der Waals surface area (Å²) in [6.07, 6.45) is 0.207. The van der Waals surface area contributed by atoms with Crippen LogP contribution in [0, 0.1) is 10.1 Å². The summed E-state index contributed by atoms with van der Waals surface area (Å²) in [4.78, 5) is 35.8. The molecule has 1 atom stereocenters. The van der Waals surface area contributed by atoms with Gasteiger partial charge in [-0.3, -0.25) is 24.6 Å². The molecule has 8 nitrogen and oxygen atoms in total. The number of carbonyl (C=O) groups is 2. The Balaban J connectivity index is 2.40. The lowest BCUT2D eigenvalue weighted by Gasteiger charge is -2.29. The standard InChI is InChI=1S/C17H18N4O4/c18-11-16(22)20(13-6-8-14(9-7-13)21(24)25)15(17(19)23)10-12-4-2-1-3-5-12/h1-9,15H,10-11,18H2,(H2,19,23)/t15-/m0/s1. The van der Waals surface area contributed by atoms with E-state index in [4.69, 9.17) is 11.5 Å². The molecule has 8 heteroatoms. The minimum absolute atomic E-state index is 0.123. The number of amides is 2. The minimum atomic E-state index is -0.958. The van der Waals surface area contributed by atoms with E-state index in [0.29, 0.717) is 5.69 Å². The van der Waals surface area contributed by atoms with Crippen molar-refractivity contribution >= 4 is 23.2 Å². The van der Waals surface area contributed by atoms with Crippen molar-refractivity contribution in [2.45, 2.75) is 12.5 Å². The molecule has 2 aromatic rings. The highest BCUT2D eigenvalue weighted by atomic mass is 16.6. The Kier molecular flexibility index (Phi) is 5.80. The van der Waals surface area contributed by atoms with Gasteiger partial charge in [0.15, 0.2) is 0 Å². The number of nitrogens with two attached hydrogens (primary N) is 2. The molecule has 0 unspecified atom stereocenters. The molecular formula is C17H18N4O4. The van der Waals surface area contributed by atoms with Gasteiger partial charge in [-0.1, -0.05) is 30.3 Å². The third kappa shape index (κ3) is 4.39. The molecule has 0 bridgehead atoms. The zero-order valence-electron chi connectivity index (χ0n) is 13.4. The molecule has 0 heterocycles. The third-order valence-corrected chi connectivity index (χ3v) is 3.69. The topological polar surface area (TPSA) is 133 Å². The van der Waals surface area contributed by atoms with Crippen molar-refractivity contribution in [1.29, 1.82) is 0 Å². The fourth-order valence-corrected chi connectivity index (χ4v) is 2.49. The normalized spacial score (nSPS) is 11.6. The summed E-state index contributed by atoms with van der Waals surface area (Å²) in [5.41, 5.74) is 12.0. The van der Waals surface area contributed by atoms with Gasteiger partial charge in [0, 0.05) is 24.2 Å². The summed E-state index contributed by atoms with van der Waals surface area (Å²) in [6, 6.07) is 13.4. The number of carbonyl (C=O) groups excluding carboxylic acids is 2. The summed E-state index contributed by atoms with van der Waals surface area (Å²) in [7, 11) is 0. The Morgan fingerprint density at radius 1 is 1.08 bits per heavy atom. The number of nitro groups is 1. The second-order valence-corrected chi connectivity index (χ2v) is 5.35. The maximum absolute atomic E-state index is 12.3. The quantitative estimate of drug-likeness (QED) is 0.572. The second-order valence-electron chi connectivity index (χ2n) is 5.35. The molecule has 130 valence electrons. The van der Waals surface area contributed by atoms with Crippen molar-refractivity contribution in [1.82, 2.24) is 0 Å². The number of benzene rings is 2. The largest absolute Gasteiger partial charge is 0.368 e. The van der Waals surface area contributed by atoms with Gasteiger partial charge in [0.05, 0.1) is 11.5 Å². The van der Waals surface area contributed by atoms with Crippen LogP contribution in [0.1, 0.15) is 5.56 Å². The van der Waals surface area contributed by atoms with Crippen molar-refractivity contribution in [3.8, 4) is 0 Å². The molecule has 4 N–H and O–H groups in total. The SMILES string of the molecule is NCC(=O)N(c1ccc([N+](=O)[O-])cc1)[C@@H](Cc1ccccc1)C(N)=O. The maximum atomic E-state index is 12.3. The summed E-state index contributed by atoms with van der Waals surface area (Å²) in [6.45, 7) is -0.324. The highest BCUT2D eigenvalue weighted by Gasteiger charge is 2.29. The summed E-state index contributed by atoms with van der Waals surface area (Å²) >= 11 is 0. The zero-order valence-corrected chi connectivity index (χ0v) is 13.4. The fourth-order valence-electron chi connectivity index (χ4n) is 2.49. The first-order valence-electron chi connectivity index (χ1n) is 7.54. The predicted molar refractivity (Wildman–Crippen MR) is 92.8 cm³/mol. The summed E-state index contributed by atoms with van der Waals surface area (Å²) in [5, 5.41) is 10.8. The van der Waals surface area contributed by atoms with E-state index in [1.54, 1.807) is 0 Å². The van der Waals surface area contributed by atoms with Crippen LogP contribution in [0.2, 0.25) is 0 Å².